The zero-order chi connectivity index (χ0) is 17.5. The van der Waals surface area contributed by atoms with Gasteiger partial charge in [0, 0.05) is 19.0 Å². The van der Waals surface area contributed by atoms with Crippen molar-refractivity contribution in [2.75, 3.05) is 20.1 Å². The van der Waals surface area contributed by atoms with Crippen molar-refractivity contribution in [3.8, 4) is 0 Å². The number of amides is 1. The monoisotopic (exact) mass is 330 g/mol. The van der Waals surface area contributed by atoms with Crippen molar-refractivity contribution >= 4 is 5.91 Å². The Kier molecular flexibility index (Phi) is 7.29. The number of hydrogen-bond acceptors (Lipinski definition) is 2. The molecule has 1 atom stereocenters. The number of hydrogen-bond donors (Lipinski definition) is 0. The van der Waals surface area contributed by atoms with Crippen LogP contribution in [0.4, 0.5) is 0 Å². The number of rotatable bonds is 7. The van der Waals surface area contributed by atoms with Crippen LogP contribution in [0.1, 0.15) is 57.1 Å². The van der Waals surface area contributed by atoms with Crippen LogP contribution < -0.4 is 0 Å². The van der Waals surface area contributed by atoms with Gasteiger partial charge < -0.3 is 9.80 Å². The third kappa shape index (κ3) is 5.62. The molecule has 0 N–H and O–H groups in total. The molecule has 3 nitrogen and oxygen atoms in total. The van der Waals surface area contributed by atoms with Gasteiger partial charge in [0.1, 0.15) is 0 Å². The molecular weight excluding hydrogens is 296 g/mol. The van der Waals surface area contributed by atoms with E-state index in [-0.39, 0.29) is 0 Å². The summed E-state index contributed by atoms with van der Waals surface area (Å²) in [5.41, 5.74) is 2.50. The number of nitrogens with zero attached hydrogens (tertiary/aromatic N) is 2. The highest BCUT2D eigenvalue weighted by Gasteiger charge is 2.22. The molecule has 134 valence electrons. The zero-order valence-corrected chi connectivity index (χ0v) is 15.9. The van der Waals surface area contributed by atoms with E-state index >= 15 is 0 Å². The minimum Gasteiger partial charge on any atom is -0.336 e. The van der Waals surface area contributed by atoms with Crippen LogP contribution in [0, 0.1) is 12.8 Å². The Balaban J connectivity index is 1.91. The maximum absolute atomic E-state index is 12.8. The van der Waals surface area contributed by atoms with Crippen LogP contribution in [0.25, 0.3) is 0 Å². The quantitative estimate of drug-likeness (QED) is 0.746. The first-order valence-electron chi connectivity index (χ1n) is 9.53. The fourth-order valence-electron chi connectivity index (χ4n) is 3.42. The number of carbonyl (C=O) groups excluding carboxylic acids is 1. The van der Waals surface area contributed by atoms with Crippen molar-refractivity contribution in [3.63, 3.8) is 0 Å². The van der Waals surface area contributed by atoms with Crippen molar-refractivity contribution in [2.45, 2.75) is 65.5 Å². The van der Waals surface area contributed by atoms with Crippen LogP contribution in [0.2, 0.25) is 0 Å². The summed E-state index contributed by atoms with van der Waals surface area (Å²) in [5, 5.41) is 0. The predicted molar refractivity (Wildman–Crippen MR) is 101 cm³/mol. The molecule has 3 heteroatoms. The van der Waals surface area contributed by atoms with Gasteiger partial charge >= 0.3 is 0 Å². The lowest BCUT2D eigenvalue weighted by atomic mass is 9.92. The molecule has 0 radical (unpaired) electrons. The van der Waals surface area contributed by atoms with Crippen LogP contribution >= 0.6 is 0 Å². The summed E-state index contributed by atoms with van der Waals surface area (Å²) in [6.45, 7) is 9.53. The maximum atomic E-state index is 12.8. The van der Waals surface area contributed by atoms with Gasteiger partial charge in [0.05, 0.1) is 0 Å². The standard InChI is InChI=1S/C21H34N2O/c1-5-18(3)23(16-20-8-6-17(2)7-9-20)21(24)11-10-19-12-14-22(4)15-13-19/h6-9,18-19H,5,10-16H2,1-4H3/t18-/m0/s1. The molecule has 1 aliphatic heterocycles. The third-order valence-electron chi connectivity index (χ3n) is 5.52. The summed E-state index contributed by atoms with van der Waals surface area (Å²) in [6.07, 6.45) is 5.24. The van der Waals surface area contributed by atoms with Crippen LogP contribution in [0.15, 0.2) is 24.3 Å². The van der Waals surface area contributed by atoms with E-state index in [4.69, 9.17) is 0 Å². The van der Waals surface area contributed by atoms with E-state index < -0.39 is 0 Å². The molecule has 2 rings (SSSR count). The second-order valence-electron chi connectivity index (χ2n) is 7.55. The highest BCUT2D eigenvalue weighted by molar-refractivity contribution is 5.76. The average Bonchev–Trinajstić information content (AvgIpc) is 2.60. The van der Waals surface area contributed by atoms with Crippen molar-refractivity contribution < 1.29 is 4.79 Å². The van der Waals surface area contributed by atoms with Gasteiger partial charge in [-0.1, -0.05) is 36.8 Å². The number of piperidine rings is 1. The van der Waals surface area contributed by atoms with E-state index in [0.29, 0.717) is 18.4 Å². The Hall–Kier alpha value is -1.35. The minimum absolute atomic E-state index is 0.302. The Labute approximate surface area is 148 Å². The first kappa shape index (κ1) is 19.0. The van der Waals surface area contributed by atoms with Gasteiger partial charge in [0.25, 0.3) is 0 Å². The van der Waals surface area contributed by atoms with Gasteiger partial charge in [0.15, 0.2) is 0 Å². The smallest absolute Gasteiger partial charge is 0.223 e. The molecule has 1 aromatic carbocycles. The van der Waals surface area contributed by atoms with Crippen LogP contribution in [0.3, 0.4) is 0 Å². The van der Waals surface area contributed by atoms with E-state index in [1.54, 1.807) is 0 Å². The SMILES string of the molecule is CC[C@H](C)N(Cc1ccc(C)cc1)C(=O)CCC1CCN(C)CC1. The lowest BCUT2D eigenvalue weighted by Gasteiger charge is -2.31. The molecular formula is C21H34N2O. The van der Waals surface area contributed by atoms with E-state index in [9.17, 15) is 4.79 Å². The highest BCUT2D eigenvalue weighted by atomic mass is 16.2. The van der Waals surface area contributed by atoms with Crippen molar-refractivity contribution in [3.05, 3.63) is 35.4 Å². The number of benzene rings is 1. The molecule has 0 aliphatic carbocycles. The summed E-state index contributed by atoms with van der Waals surface area (Å²) in [6, 6.07) is 8.86. The van der Waals surface area contributed by atoms with Gasteiger partial charge in [-0.05, 0) is 71.1 Å². The van der Waals surface area contributed by atoms with E-state index in [1.165, 1.54) is 37.1 Å². The molecule has 1 saturated heterocycles. The number of aryl methyl sites for hydroxylation is 1. The highest BCUT2D eigenvalue weighted by Crippen LogP contribution is 2.22. The molecule has 1 amide bonds. The Bertz CT molecular complexity index is 503. The summed E-state index contributed by atoms with van der Waals surface area (Å²) in [7, 11) is 2.19. The molecule has 0 saturated carbocycles. The van der Waals surface area contributed by atoms with Crippen molar-refractivity contribution in [1.29, 1.82) is 0 Å². The normalized spacial score (nSPS) is 17.7. The van der Waals surface area contributed by atoms with Crippen molar-refractivity contribution in [1.82, 2.24) is 9.80 Å². The summed E-state index contributed by atoms with van der Waals surface area (Å²) in [5.74, 6) is 1.05. The van der Waals surface area contributed by atoms with Crippen LogP contribution in [0.5, 0.6) is 0 Å². The lowest BCUT2D eigenvalue weighted by Crippen LogP contribution is -2.38. The number of likely N-dealkylation sites (tertiary alicyclic amines) is 1. The topological polar surface area (TPSA) is 23.6 Å². The second-order valence-corrected chi connectivity index (χ2v) is 7.55. The van der Waals surface area contributed by atoms with Gasteiger partial charge in [-0.3, -0.25) is 4.79 Å². The Morgan fingerprint density at radius 3 is 2.46 bits per heavy atom. The van der Waals surface area contributed by atoms with Crippen LogP contribution in [-0.4, -0.2) is 41.9 Å². The first-order valence-corrected chi connectivity index (χ1v) is 9.53. The third-order valence-corrected chi connectivity index (χ3v) is 5.52. The molecule has 1 fully saturated rings. The summed E-state index contributed by atoms with van der Waals surface area (Å²) in [4.78, 5) is 17.3. The van der Waals surface area contributed by atoms with Gasteiger partial charge in [-0.25, -0.2) is 0 Å². The maximum Gasteiger partial charge on any atom is 0.223 e. The van der Waals surface area contributed by atoms with Crippen LogP contribution in [-0.2, 0) is 11.3 Å². The molecule has 1 aromatic rings. The summed E-state index contributed by atoms with van der Waals surface area (Å²) < 4.78 is 0. The second kappa shape index (κ2) is 9.22. The molecule has 0 bridgehead atoms. The van der Waals surface area contributed by atoms with Gasteiger partial charge in [-0.15, -0.1) is 0 Å². The molecule has 0 spiro atoms. The van der Waals surface area contributed by atoms with Gasteiger partial charge in [-0.2, -0.15) is 0 Å². The largest absolute Gasteiger partial charge is 0.336 e. The lowest BCUT2D eigenvalue weighted by molar-refractivity contribution is -0.134. The minimum atomic E-state index is 0.302. The first-order chi connectivity index (χ1) is 11.5. The molecule has 0 unspecified atom stereocenters. The number of carbonyl (C=O) groups is 1. The predicted octanol–water partition coefficient (Wildman–Crippen LogP) is 4.24. The van der Waals surface area contributed by atoms with E-state index in [1.807, 2.05) is 0 Å². The Morgan fingerprint density at radius 1 is 1.25 bits per heavy atom. The average molecular weight is 331 g/mol. The molecule has 24 heavy (non-hydrogen) atoms. The zero-order valence-electron chi connectivity index (χ0n) is 15.9. The summed E-state index contributed by atoms with van der Waals surface area (Å²) >= 11 is 0. The molecule has 0 aromatic heterocycles. The van der Waals surface area contributed by atoms with Crippen molar-refractivity contribution in [2.24, 2.45) is 5.92 Å². The fraction of sp³-hybridized carbons (Fsp3) is 0.667. The Morgan fingerprint density at radius 2 is 1.88 bits per heavy atom. The van der Waals surface area contributed by atoms with E-state index in [0.717, 1.165) is 25.3 Å². The fourth-order valence-corrected chi connectivity index (χ4v) is 3.42. The molecule has 1 heterocycles. The van der Waals surface area contributed by atoms with Gasteiger partial charge in [0.2, 0.25) is 5.91 Å². The molecule has 1 aliphatic rings. The van der Waals surface area contributed by atoms with E-state index in [2.05, 4.69) is 61.9 Å².